The van der Waals surface area contributed by atoms with Gasteiger partial charge in [-0.1, -0.05) is 0 Å². The number of nitrogens with zero attached hydrogens (tertiary/aromatic N) is 1. The average Bonchev–Trinajstić information content (AvgIpc) is 2.47. The summed E-state index contributed by atoms with van der Waals surface area (Å²) >= 11 is 0. The van der Waals surface area contributed by atoms with Gasteiger partial charge in [0.05, 0.1) is 19.3 Å². The van der Waals surface area contributed by atoms with Crippen molar-refractivity contribution < 1.29 is 14.3 Å². The minimum absolute atomic E-state index is 0.150. The second kappa shape index (κ2) is 6.08. The number of nitrogen functional groups attached to an aromatic ring is 1. The first-order valence-corrected chi connectivity index (χ1v) is 6.27. The maximum atomic E-state index is 11.9. The molecule has 7 nitrogen and oxygen atoms in total. The van der Waals surface area contributed by atoms with E-state index in [1.165, 1.54) is 13.3 Å². The Labute approximate surface area is 120 Å². The van der Waals surface area contributed by atoms with Gasteiger partial charge in [-0.15, -0.1) is 0 Å². The summed E-state index contributed by atoms with van der Waals surface area (Å²) in [6.45, 7) is 1.84. The summed E-state index contributed by atoms with van der Waals surface area (Å²) in [5.74, 6) is 0.0609. The number of hydrogen-bond acceptors (Lipinski definition) is 6. The van der Waals surface area contributed by atoms with Crippen molar-refractivity contribution in [1.82, 2.24) is 9.97 Å². The van der Waals surface area contributed by atoms with Gasteiger partial charge in [-0.25, -0.2) is 9.78 Å². The molecule has 7 heteroatoms. The van der Waals surface area contributed by atoms with Gasteiger partial charge in [0.25, 0.3) is 5.56 Å². The molecule has 0 fully saturated rings. The zero-order valence-corrected chi connectivity index (χ0v) is 11.7. The largest absolute Gasteiger partial charge is 0.496 e. The fourth-order valence-electron chi connectivity index (χ4n) is 1.80. The van der Waals surface area contributed by atoms with Gasteiger partial charge < -0.3 is 20.2 Å². The number of carbonyl (C=O) groups is 1. The third kappa shape index (κ3) is 3.02. The van der Waals surface area contributed by atoms with Crippen molar-refractivity contribution in [3.63, 3.8) is 0 Å². The normalized spacial score (nSPS) is 10.2. The van der Waals surface area contributed by atoms with Crippen LogP contribution < -0.4 is 16.0 Å². The Kier molecular flexibility index (Phi) is 4.22. The molecule has 0 aliphatic carbocycles. The summed E-state index contributed by atoms with van der Waals surface area (Å²) in [5, 5.41) is 0. The van der Waals surface area contributed by atoms with Gasteiger partial charge in [0, 0.05) is 11.9 Å². The second-order valence-corrected chi connectivity index (χ2v) is 4.15. The molecule has 0 amide bonds. The topological polar surface area (TPSA) is 107 Å². The minimum atomic E-state index is -0.711. The predicted octanol–water partition coefficient (Wildman–Crippen LogP) is 1.20. The number of aromatic nitrogens is 2. The van der Waals surface area contributed by atoms with Crippen LogP contribution in [0.1, 0.15) is 17.3 Å². The Morgan fingerprint density at radius 2 is 2.19 bits per heavy atom. The van der Waals surface area contributed by atoms with Crippen LogP contribution in [0.15, 0.2) is 29.2 Å². The maximum absolute atomic E-state index is 11.9. The maximum Gasteiger partial charge on any atom is 0.345 e. The molecule has 1 heterocycles. The number of nitrogens with two attached hydrogens (primary N) is 1. The van der Waals surface area contributed by atoms with E-state index in [2.05, 4.69) is 9.97 Å². The summed E-state index contributed by atoms with van der Waals surface area (Å²) in [6.07, 6.45) is 1.18. The molecule has 0 aliphatic rings. The summed E-state index contributed by atoms with van der Waals surface area (Å²) in [7, 11) is 1.50. The molecular weight excluding hydrogens is 274 g/mol. The van der Waals surface area contributed by atoms with Crippen molar-refractivity contribution >= 4 is 11.7 Å². The van der Waals surface area contributed by atoms with Crippen LogP contribution in [-0.4, -0.2) is 29.7 Å². The molecule has 1 aromatic carbocycles. The molecule has 1 aromatic heterocycles. The van der Waals surface area contributed by atoms with Crippen LogP contribution in [0.2, 0.25) is 0 Å². The third-order valence-electron chi connectivity index (χ3n) is 2.77. The Morgan fingerprint density at radius 1 is 1.43 bits per heavy atom. The summed E-state index contributed by atoms with van der Waals surface area (Å²) in [4.78, 5) is 30.1. The standard InChI is InChI=1S/C14H15N3O4/c1-3-21-14(19)10-7-16-12(17-13(10)18)9-6-8(15)4-5-11(9)20-2/h4-7H,3,15H2,1-2H3,(H,16,17,18). The quantitative estimate of drug-likeness (QED) is 0.647. The van der Waals surface area contributed by atoms with E-state index in [1.807, 2.05) is 0 Å². The number of nitrogens with one attached hydrogen (secondary N) is 1. The zero-order chi connectivity index (χ0) is 15.4. The van der Waals surface area contributed by atoms with Crippen molar-refractivity contribution in [2.45, 2.75) is 6.92 Å². The van der Waals surface area contributed by atoms with Crippen LogP contribution in [0.4, 0.5) is 5.69 Å². The number of ether oxygens (including phenoxy) is 2. The van der Waals surface area contributed by atoms with Crippen LogP contribution in [0.5, 0.6) is 5.75 Å². The smallest absolute Gasteiger partial charge is 0.345 e. The van der Waals surface area contributed by atoms with Crippen molar-refractivity contribution in [2.24, 2.45) is 0 Å². The van der Waals surface area contributed by atoms with E-state index in [4.69, 9.17) is 15.2 Å². The fraction of sp³-hybridized carbons (Fsp3) is 0.214. The number of methoxy groups -OCH3 is 1. The first-order chi connectivity index (χ1) is 10.1. The Balaban J connectivity index is 2.48. The fourth-order valence-corrected chi connectivity index (χ4v) is 1.80. The van der Waals surface area contributed by atoms with E-state index < -0.39 is 11.5 Å². The molecule has 0 bridgehead atoms. The number of esters is 1. The van der Waals surface area contributed by atoms with Crippen LogP contribution in [0.25, 0.3) is 11.4 Å². The molecule has 21 heavy (non-hydrogen) atoms. The number of aromatic amines is 1. The highest BCUT2D eigenvalue weighted by molar-refractivity contribution is 5.88. The average molecular weight is 289 g/mol. The third-order valence-corrected chi connectivity index (χ3v) is 2.77. The lowest BCUT2D eigenvalue weighted by atomic mass is 10.1. The van der Waals surface area contributed by atoms with E-state index in [-0.39, 0.29) is 18.0 Å². The lowest BCUT2D eigenvalue weighted by Crippen LogP contribution is -2.21. The first-order valence-electron chi connectivity index (χ1n) is 6.27. The number of H-pyrrole nitrogens is 1. The summed E-state index contributed by atoms with van der Waals surface area (Å²) < 4.78 is 9.98. The van der Waals surface area contributed by atoms with E-state index in [0.29, 0.717) is 17.0 Å². The van der Waals surface area contributed by atoms with Crippen molar-refractivity contribution in [2.75, 3.05) is 19.5 Å². The highest BCUT2D eigenvalue weighted by atomic mass is 16.5. The van der Waals surface area contributed by atoms with E-state index in [9.17, 15) is 9.59 Å². The Morgan fingerprint density at radius 3 is 2.81 bits per heavy atom. The van der Waals surface area contributed by atoms with E-state index >= 15 is 0 Å². The summed E-state index contributed by atoms with van der Waals surface area (Å²) in [6, 6.07) is 4.97. The minimum Gasteiger partial charge on any atom is -0.496 e. The Bertz CT molecular complexity index is 724. The van der Waals surface area contributed by atoms with Gasteiger partial charge in [-0.05, 0) is 25.1 Å². The number of rotatable bonds is 4. The molecule has 110 valence electrons. The van der Waals surface area contributed by atoms with Crippen molar-refractivity contribution in [1.29, 1.82) is 0 Å². The highest BCUT2D eigenvalue weighted by Crippen LogP contribution is 2.28. The summed E-state index contributed by atoms with van der Waals surface area (Å²) in [5.41, 5.74) is 6.03. The molecule has 2 rings (SSSR count). The first kappa shape index (κ1) is 14.6. The number of benzene rings is 1. The van der Waals surface area contributed by atoms with Gasteiger partial charge in [0.15, 0.2) is 0 Å². The van der Waals surface area contributed by atoms with Crippen LogP contribution in [-0.2, 0) is 4.74 Å². The number of hydrogen-bond donors (Lipinski definition) is 2. The van der Waals surface area contributed by atoms with Gasteiger partial charge >= 0.3 is 5.97 Å². The molecule has 0 radical (unpaired) electrons. The van der Waals surface area contributed by atoms with E-state index in [1.54, 1.807) is 25.1 Å². The number of anilines is 1. The van der Waals surface area contributed by atoms with Crippen LogP contribution >= 0.6 is 0 Å². The predicted molar refractivity (Wildman–Crippen MR) is 77.2 cm³/mol. The van der Waals surface area contributed by atoms with Crippen LogP contribution in [0.3, 0.4) is 0 Å². The highest BCUT2D eigenvalue weighted by Gasteiger charge is 2.15. The lowest BCUT2D eigenvalue weighted by molar-refractivity contribution is 0.0524. The van der Waals surface area contributed by atoms with Gasteiger partial charge in [0.2, 0.25) is 0 Å². The second-order valence-electron chi connectivity index (χ2n) is 4.15. The molecule has 0 spiro atoms. The van der Waals surface area contributed by atoms with Crippen molar-refractivity contribution in [3.8, 4) is 17.1 Å². The van der Waals surface area contributed by atoms with Gasteiger partial charge in [-0.2, -0.15) is 0 Å². The van der Waals surface area contributed by atoms with Gasteiger partial charge in [0.1, 0.15) is 17.1 Å². The number of carbonyl (C=O) groups excluding carboxylic acids is 1. The van der Waals surface area contributed by atoms with Crippen LogP contribution in [0, 0.1) is 0 Å². The van der Waals surface area contributed by atoms with E-state index in [0.717, 1.165) is 0 Å². The molecule has 0 saturated heterocycles. The zero-order valence-electron chi connectivity index (χ0n) is 11.7. The molecule has 0 atom stereocenters. The molecule has 0 saturated carbocycles. The molecule has 0 aliphatic heterocycles. The van der Waals surface area contributed by atoms with Gasteiger partial charge in [-0.3, -0.25) is 4.79 Å². The molecule has 3 N–H and O–H groups in total. The molecule has 0 unspecified atom stereocenters. The monoisotopic (exact) mass is 289 g/mol. The SMILES string of the molecule is CCOC(=O)c1cnc(-c2cc(N)ccc2OC)[nH]c1=O. The Hall–Kier alpha value is -2.83. The lowest BCUT2D eigenvalue weighted by Gasteiger charge is -2.09. The molecule has 2 aromatic rings. The molecular formula is C14H15N3O4. The van der Waals surface area contributed by atoms with Crippen molar-refractivity contribution in [3.05, 3.63) is 40.3 Å².